The lowest BCUT2D eigenvalue weighted by atomic mass is 9.92. The van der Waals surface area contributed by atoms with E-state index >= 15 is 0 Å². The van der Waals surface area contributed by atoms with Gasteiger partial charge in [0.1, 0.15) is 6.10 Å². The Morgan fingerprint density at radius 3 is 2.53 bits per heavy atom. The monoisotopic (exact) mass is 486 g/mol. The van der Waals surface area contributed by atoms with Crippen molar-refractivity contribution in [2.45, 2.75) is 30.8 Å². The van der Waals surface area contributed by atoms with E-state index in [4.69, 9.17) is 21.3 Å². The van der Waals surface area contributed by atoms with Crippen LogP contribution in [0.15, 0.2) is 47.8 Å². The second-order valence-corrected chi connectivity index (χ2v) is 10.0. The molecular formula is C22H23ClN6OS2. The van der Waals surface area contributed by atoms with Crippen molar-refractivity contribution in [1.82, 2.24) is 24.6 Å². The average molecular weight is 487 g/mol. The first-order valence-electron chi connectivity index (χ1n) is 10.5. The predicted octanol–water partition coefficient (Wildman–Crippen LogP) is 5.31. The molecule has 1 fully saturated rings. The Hall–Kier alpha value is -2.36. The molecule has 166 valence electrons. The normalized spacial score (nSPS) is 15.9. The molecule has 3 aromatic heterocycles. The lowest BCUT2D eigenvalue weighted by molar-refractivity contribution is 0.131. The number of imidazole rings is 1. The van der Waals surface area contributed by atoms with Crippen LogP contribution in [0.3, 0.4) is 0 Å². The first kappa shape index (κ1) is 21.5. The van der Waals surface area contributed by atoms with Crippen LogP contribution in [0.4, 0.5) is 5.95 Å². The molecule has 32 heavy (non-hydrogen) atoms. The Kier molecular flexibility index (Phi) is 6.21. The molecule has 0 N–H and O–H groups in total. The van der Waals surface area contributed by atoms with Gasteiger partial charge in [0.2, 0.25) is 10.9 Å². The van der Waals surface area contributed by atoms with E-state index in [0.717, 1.165) is 48.1 Å². The van der Waals surface area contributed by atoms with Gasteiger partial charge in [-0.25, -0.2) is 19.5 Å². The van der Waals surface area contributed by atoms with Crippen molar-refractivity contribution in [3.63, 3.8) is 0 Å². The first-order valence-corrected chi connectivity index (χ1v) is 12.9. The van der Waals surface area contributed by atoms with E-state index < -0.39 is 0 Å². The van der Waals surface area contributed by atoms with Crippen LogP contribution in [0, 0.1) is 5.92 Å². The zero-order valence-corrected chi connectivity index (χ0v) is 20.2. The fourth-order valence-corrected chi connectivity index (χ4v) is 5.25. The smallest absolute Gasteiger partial charge is 0.294 e. The van der Waals surface area contributed by atoms with Crippen LogP contribution in [0.25, 0.3) is 16.2 Å². The Bertz CT molecular complexity index is 1150. The summed E-state index contributed by atoms with van der Waals surface area (Å²) in [6.07, 6.45) is 9.44. The molecule has 1 atom stereocenters. The highest BCUT2D eigenvalue weighted by molar-refractivity contribution is 7.98. The Morgan fingerprint density at radius 1 is 1.16 bits per heavy atom. The third-order valence-corrected chi connectivity index (χ3v) is 7.54. The van der Waals surface area contributed by atoms with Crippen molar-refractivity contribution < 1.29 is 4.74 Å². The summed E-state index contributed by atoms with van der Waals surface area (Å²) in [6, 6.07) is 8.42. The number of rotatable bonds is 6. The number of anilines is 1. The van der Waals surface area contributed by atoms with Crippen LogP contribution in [-0.4, -0.2) is 50.0 Å². The highest BCUT2D eigenvalue weighted by Crippen LogP contribution is 2.30. The van der Waals surface area contributed by atoms with Gasteiger partial charge in [-0.15, -0.1) is 16.9 Å². The third-order valence-electron chi connectivity index (χ3n) is 5.79. The van der Waals surface area contributed by atoms with E-state index in [1.54, 1.807) is 24.2 Å². The quantitative estimate of drug-likeness (QED) is 0.342. The Balaban J connectivity index is 1.20. The summed E-state index contributed by atoms with van der Waals surface area (Å²) in [6.45, 7) is 3.93. The minimum Gasteiger partial charge on any atom is -0.466 e. The summed E-state index contributed by atoms with van der Waals surface area (Å²) in [4.78, 5) is 17.7. The van der Waals surface area contributed by atoms with E-state index in [0.29, 0.717) is 16.1 Å². The summed E-state index contributed by atoms with van der Waals surface area (Å²) < 4.78 is 8.02. The van der Waals surface area contributed by atoms with Gasteiger partial charge in [0.15, 0.2) is 0 Å². The zero-order valence-electron chi connectivity index (χ0n) is 17.8. The van der Waals surface area contributed by atoms with Gasteiger partial charge in [0, 0.05) is 23.5 Å². The molecule has 1 aliphatic heterocycles. The molecule has 0 bridgehead atoms. The van der Waals surface area contributed by atoms with Gasteiger partial charge in [-0.3, -0.25) is 0 Å². The molecule has 1 aliphatic rings. The van der Waals surface area contributed by atoms with Gasteiger partial charge in [-0.1, -0.05) is 23.7 Å². The van der Waals surface area contributed by atoms with Gasteiger partial charge in [-0.05, 0) is 55.4 Å². The van der Waals surface area contributed by atoms with Gasteiger partial charge in [0.25, 0.3) is 5.19 Å². The van der Waals surface area contributed by atoms with Crippen LogP contribution >= 0.6 is 34.7 Å². The lowest BCUT2D eigenvalue weighted by Gasteiger charge is -2.34. The highest BCUT2D eigenvalue weighted by Gasteiger charge is 2.27. The molecule has 7 nitrogen and oxygen atoms in total. The van der Waals surface area contributed by atoms with Crippen LogP contribution in [0.2, 0.25) is 5.02 Å². The van der Waals surface area contributed by atoms with Crippen LogP contribution in [0.1, 0.15) is 19.8 Å². The number of thioether (sulfide) groups is 1. The van der Waals surface area contributed by atoms with E-state index in [1.165, 1.54) is 16.2 Å². The molecule has 5 rings (SSSR count). The number of hydrogen-bond acceptors (Lipinski definition) is 8. The second kappa shape index (κ2) is 9.25. The van der Waals surface area contributed by atoms with Crippen molar-refractivity contribution in [2.75, 3.05) is 24.2 Å². The van der Waals surface area contributed by atoms with Gasteiger partial charge >= 0.3 is 0 Å². The first-order chi connectivity index (χ1) is 15.6. The number of piperidine rings is 1. The molecule has 0 amide bonds. The average Bonchev–Trinajstić information content (AvgIpc) is 3.38. The molecule has 1 saturated heterocycles. The SMILES string of the molecule is CSc1ccc(-c2cn3nc(OC(C)C4CCN(c5ncc(Cl)cn5)CC4)sc3n2)cc1. The minimum atomic E-state index is 0.0812. The molecule has 4 heterocycles. The Morgan fingerprint density at radius 2 is 1.88 bits per heavy atom. The highest BCUT2D eigenvalue weighted by atomic mass is 35.5. The van der Waals surface area contributed by atoms with Gasteiger partial charge in [-0.2, -0.15) is 0 Å². The van der Waals surface area contributed by atoms with Crippen molar-refractivity contribution in [3.05, 3.63) is 47.9 Å². The summed E-state index contributed by atoms with van der Waals surface area (Å²) in [5, 5.41) is 5.82. The number of ether oxygens (including phenoxy) is 1. The summed E-state index contributed by atoms with van der Waals surface area (Å²) in [7, 11) is 0. The molecule has 0 radical (unpaired) electrons. The summed E-state index contributed by atoms with van der Waals surface area (Å²) in [5.41, 5.74) is 2.01. The molecule has 1 aromatic carbocycles. The van der Waals surface area contributed by atoms with Gasteiger partial charge in [0.05, 0.1) is 29.3 Å². The molecule has 1 unspecified atom stereocenters. The van der Waals surface area contributed by atoms with Crippen molar-refractivity contribution in [1.29, 1.82) is 0 Å². The number of benzene rings is 1. The number of halogens is 1. The summed E-state index contributed by atoms with van der Waals surface area (Å²) >= 11 is 9.11. The molecular weight excluding hydrogens is 464 g/mol. The zero-order chi connectivity index (χ0) is 22.1. The van der Waals surface area contributed by atoms with E-state index in [9.17, 15) is 0 Å². The van der Waals surface area contributed by atoms with Crippen molar-refractivity contribution in [3.8, 4) is 16.5 Å². The van der Waals surface area contributed by atoms with Crippen LogP contribution in [-0.2, 0) is 0 Å². The standard InChI is InChI=1S/C22H23ClN6OS2/c1-14(15-7-9-28(10-8-15)20-24-11-17(23)12-25-20)30-22-27-29-13-19(26-21(29)32-22)16-3-5-18(31-2)6-4-16/h3-6,11-15H,7-10H2,1-2H3. The fourth-order valence-electron chi connectivity index (χ4n) is 3.92. The van der Waals surface area contributed by atoms with E-state index in [2.05, 4.69) is 57.4 Å². The maximum atomic E-state index is 6.21. The number of aromatic nitrogens is 5. The van der Waals surface area contributed by atoms with E-state index in [1.807, 2.05) is 10.7 Å². The largest absolute Gasteiger partial charge is 0.466 e. The number of nitrogens with zero attached hydrogens (tertiary/aromatic N) is 6. The lowest BCUT2D eigenvalue weighted by Crippen LogP contribution is -2.39. The number of hydrogen-bond donors (Lipinski definition) is 0. The maximum Gasteiger partial charge on any atom is 0.294 e. The minimum absolute atomic E-state index is 0.0812. The van der Waals surface area contributed by atoms with Crippen molar-refractivity contribution in [2.24, 2.45) is 5.92 Å². The van der Waals surface area contributed by atoms with Crippen LogP contribution < -0.4 is 9.64 Å². The molecule has 0 saturated carbocycles. The second-order valence-electron chi connectivity index (χ2n) is 7.80. The Labute approximate surface area is 199 Å². The molecule has 0 spiro atoms. The third kappa shape index (κ3) is 4.55. The fraction of sp³-hybridized carbons (Fsp3) is 0.364. The van der Waals surface area contributed by atoms with Crippen molar-refractivity contribution >= 4 is 45.6 Å². The number of fused-ring (bicyclic) bond motifs is 1. The molecule has 4 aromatic rings. The predicted molar refractivity (Wildman–Crippen MR) is 130 cm³/mol. The topological polar surface area (TPSA) is 68.4 Å². The maximum absolute atomic E-state index is 6.21. The molecule has 10 heteroatoms. The summed E-state index contributed by atoms with van der Waals surface area (Å²) in [5.74, 6) is 1.20. The van der Waals surface area contributed by atoms with E-state index in [-0.39, 0.29) is 6.10 Å². The van der Waals surface area contributed by atoms with Gasteiger partial charge < -0.3 is 9.64 Å². The van der Waals surface area contributed by atoms with Crippen LogP contribution in [0.5, 0.6) is 5.19 Å². The molecule has 0 aliphatic carbocycles.